The van der Waals surface area contributed by atoms with Crippen LogP contribution in [-0.2, 0) is 15.8 Å². The van der Waals surface area contributed by atoms with Crippen LogP contribution in [0.3, 0.4) is 0 Å². The topological polar surface area (TPSA) is 66.4 Å². The molecule has 0 aliphatic carbocycles. The number of nitrogens with one attached hydrogen (secondary N) is 1. The Bertz CT molecular complexity index is 752. The van der Waals surface area contributed by atoms with Crippen molar-refractivity contribution in [3.63, 3.8) is 0 Å². The van der Waals surface area contributed by atoms with E-state index in [9.17, 15) is 17.9 Å². The maximum Gasteiger partial charge on any atom is 0.216 e. The van der Waals surface area contributed by atoms with Gasteiger partial charge in [-0.25, -0.2) is 17.5 Å². The van der Waals surface area contributed by atoms with E-state index in [4.69, 9.17) is 11.6 Å². The van der Waals surface area contributed by atoms with Gasteiger partial charge in [-0.2, -0.15) is 0 Å². The Kier molecular flexibility index (Phi) is 5.52. The monoisotopic (exact) mass is 343 g/mol. The van der Waals surface area contributed by atoms with E-state index < -0.39 is 28.5 Å². The van der Waals surface area contributed by atoms with Gasteiger partial charge in [0, 0.05) is 10.6 Å². The van der Waals surface area contributed by atoms with Crippen LogP contribution in [0, 0.1) is 5.82 Å². The number of hydrogen-bond donors (Lipinski definition) is 2. The molecule has 0 aliphatic rings. The minimum absolute atomic E-state index is 0.0905. The SMILES string of the molecule is O=S(=O)(Cc1ccccc1Cl)N[C@@H](CO)c1ccccc1F. The molecule has 7 heteroatoms. The second-order valence-electron chi connectivity index (χ2n) is 4.73. The van der Waals surface area contributed by atoms with Gasteiger partial charge in [-0.15, -0.1) is 0 Å². The van der Waals surface area contributed by atoms with Gasteiger partial charge in [0.2, 0.25) is 10.0 Å². The molecule has 2 rings (SSSR count). The fraction of sp³-hybridized carbons (Fsp3) is 0.200. The lowest BCUT2D eigenvalue weighted by atomic mass is 10.1. The highest BCUT2D eigenvalue weighted by Crippen LogP contribution is 2.21. The molecular formula is C15H15ClFNO3S. The van der Waals surface area contributed by atoms with E-state index in [-0.39, 0.29) is 11.3 Å². The standard InChI is InChI=1S/C15H15ClFNO3S/c16-13-7-3-1-5-11(13)10-22(20,21)18-15(9-19)12-6-2-4-8-14(12)17/h1-8,15,18-19H,9-10H2/t15-/m0/s1. The van der Waals surface area contributed by atoms with Gasteiger partial charge < -0.3 is 5.11 Å². The Balaban J connectivity index is 2.20. The number of benzene rings is 2. The molecule has 0 radical (unpaired) electrons. The average molecular weight is 344 g/mol. The first kappa shape index (κ1) is 16.9. The van der Waals surface area contributed by atoms with E-state index in [1.54, 1.807) is 30.3 Å². The zero-order valence-corrected chi connectivity index (χ0v) is 13.1. The van der Waals surface area contributed by atoms with Crippen LogP contribution in [0.25, 0.3) is 0 Å². The molecule has 0 aromatic heterocycles. The molecule has 0 aliphatic heterocycles. The number of aliphatic hydroxyl groups excluding tert-OH is 1. The van der Waals surface area contributed by atoms with Crippen molar-refractivity contribution in [1.82, 2.24) is 4.72 Å². The molecule has 0 saturated heterocycles. The van der Waals surface area contributed by atoms with Crippen LogP contribution in [0.15, 0.2) is 48.5 Å². The van der Waals surface area contributed by atoms with Crippen LogP contribution in [0.4, 0.5) is 4.39 Å². The summed E-state index contributed by atoms with van der Waals surface area (Å²) < 4.78 is 40.4. The van der Waals surface area contributed by atoms with Crippen molar-refractivity contribution in [2.75, 3.05) is 6.61 Å². The molecule has 0 heterocycles. The van der Waals surface area contributed by atoms with Crippen molar-refractivity contribution in [3.8, 4) is 0 Å². The maximum atomic E-state index is 13.7. The first-order valence-electron chi connectivity index (χ1n) is 6.51. The Labute approximate surface area is 133 Å². The molecule has 118 valence electrons. The van der Waals surface area contributed by atoms with Crippen LogP contribution in [0.5, 0.6) is 0 Å². The number of hydrogen-bond acceptors (Lipinski definition) is 3. The third-order valence-corrected chi connectivity index (χ3v) is 4.79. The second kappa shape index (κ2) is 7.19. The Morgan fingerprint density at radius 3 is 2.41 bits per heavy atom. The maximum absolute atomic E-state index is 13.7. The van der Waals surface area contributed by atoms with Crippen LogP contribution in [0.1, 0.15) is 17.2 Å². The highest BCUT2D eigenvalue weighted by atomic mass is 35.5. The fourth-order valence-electron chi connectivity index (χ4n) is 2.04. The molecule has 4 nitrogen and oxygen atoms in total. The zero-order chi connectivity index (χ0) is 16.2. The van der Waals surface area contributed by atoms with Crippen molar-refractivity contribution >= 4 is 21.6 Å². The number of halogens is 2. The molecule has 0 spiro atoms. The summed E-state index contributed by atoms with van der Waals surface area (Å²) in [6, 6.07) is 11.2. The van der Waals surface area contributed by atoms with E-state index in [2.05, 4.69) is 4.72 Å². The summed E-state index contributed by atoms with van der Waals surface area (Å²) in [5.41, 5.74) is 0.523. The van der Waals surface area contributed by atoms with Crippen LogP contribution in [-0.4, -0.2) is 20.1 Å². The average Bonchev–Trinajstić information content (AvgIpc) is 2.48. The molecule has 0 unspecified atom stereocenters. The summed E-state index contributed by atoms with van der Waals surface area (Å²) in [5.74, 6) is -0.931. The van der Waals surface area contributed by atoms with E-state index in [1.165, 1.54) is 18.2 Å². The number of rotatable bonds is 6. The molecule has 0 saturated carbocycles. The largest absolute Gasteiger partial charge is 0.394 e. The summed E-state index contributed by atoms with van der Waals surface area (Å²) >= 11 is 5.94. The van der Waals surface area contributed by atoms with Crippen LogP contribution < -0.4 is 4.72 Å². The van der Waals surface area contributed by atoms with E-state index in [0.717, 1.165) is 0 Å². The summed E-state index contributed by atoms with van der Waals surface area (Å²) in [6.07, 6.45) is 0. The zero-order valence-electron chi connectivity index (χ0n) is 11.5. The van der Waals surface area contributed by atoms with Gasteiger partial charge in [0.1, 0.15) is 5.82 Å². The van der Waals surface area contributed by atoms with Gasteiger partial charge in [0.05, 0.1) is 18.4 Å². The predicted molar refractivity (Wildman–Crippen MR) is 83.4 cm³/mol. The van der Waals surface area contributed by atoms with Crippen molar-refractivity contribution in [2.24, 2.45) is 0 Å². The minimum Gasteiger partial charge on any atom is -0.394 e. The number of aliphatic hydroxyl groups is 1. The summed E-state index contributed by atoms with van der Waals surface area (Å²) in [5, 5.41) is 9.70. The molecule has 2 N–H and O–H groups in total. The summed E-state index contributed by atoms with van der Waals surface area (Å²) in [4.78, 5) is 0. The lowest BCUT2D eigenvalue weighted by molar-refractivity contribution is 0.256. The summed E-state index contributed by atoms with van der Waals surface area (Å²) in [7, 11) is -3.79. The third-order valence-electron chi connectivity index (χ3n) is 3.09. The lowest BCUT2D eigenvalue weighted by Crippen LogP contribution is -2.32. The normalized spacial score (nSPS) is 13.0. The van der Waals surface area contributed by atoms with Crippen LogP contribution in [0.2, 0.25) is 5.02 Å². The first-order valence-corrected chi connectivity index (χ1v) is 8.54. The Morgan fingerprint density at radius 1 is 1.14 bits per heavy atom. The molecular weight excluding hydrogens is 329 g/mol. The van der Waals surface area contributed by atoms with Gasteiger partial charge in [-0.05, 0) is 17.7 Å². The molecule has 22 heavy (non-hydrogen) atoms. The number of sulfonamides is 1. The highest BCUT2D eigenvalue weighted by Gasteiger charge is 2.22. The lowest BCUT2D eigenvalue weighted by Gasteiger charge is -2.17. The van der Waals surface area contributed by atoms with Crippen LogP contribution >= 0.6 is 11.6 Å². The van der Waals surface area contributed by atoms with Crippen molar-refractivity contribution < 1.29 is 17.9 Å². The van der Waals surface area contributed by atoms with Crippen molar-refractivity contribution in [1.29, 1.82) is 0 Å². The van der Waals surface area contributed by atoms with Gasteiger partial charge in [0.15, 0.2) is 0 Å². The van der Waals surface area contributed by atoms with E-state index in [1.807, 2.05) is 0 Å². The van der Waals surface area contributed by atoms with E-state index >= 15 is 0 Å². The van der Waals surface area contributed by atoms with Crippen molar-refractivity contribution in [2.45, 2.75) is 11.8 Å². The molecule has 0 amide bonds. The molecule has 1 atom stereocenters. The predicted octanol–water partition coefficient (Wildman–Crippen LogP) is 2.63. The quantitative estimate of drug-likeness (QED) is 0.847. The minimum atomic E-state index is -3.79. The Hall–Kier alpha value is -1.47. The van der Waals surface area contributed by atoms with Crippen molar-refractivity contribution in [3.05, 3.63) is 70.5 Å². The summed E-state index contributed by atoms with van der Waals surface area (Å²) in [6.45, 7) is -0.553. The van der Waals surface area contributed by atoms with Gasteiger partial charge in [0.25, 0.3) is 0 Å². The highest BCUT2D eigenvalue weighted by molar-refractivity contribution is 7.88. The fourth-order valence-corrected chi connectivity index (χ4v) is 3.70. The second-order valence-corrected chi connectivity index (χ2v) is 6.89. The van der Waals surface area contributed by atoms with Gasteiger partial charge in [-0.3, -0.25) is 0 Å². The van der Waals surface area contributed by atoms with Gasteiger partial charge in [-0.1, -0.05) is 48.0 Å². The molecule has 2 aromatic carbocycles. The third kappa shape index (κ3) is 4.27. The first-order chi connectivity index (χ1) is 10.4. The molecule has 0 bridgehead atoms. The molecule has 2 aromatic rings. The van der Waals surface area contributed by atoms with E-state index in [0.29, 0.717) is 10.6 Å². The molecule has 0 fully saturated rings. The Morgan fingerprint density at radius 2 is 1.77 bits per heavy atom. The smallest absolute Gasteiger partial charge is 0.216 e. The van der Waals surface area contributed by atoms with Gasteiger partial charge >= 0.3 is 0 Å².